The Kier molecular flexibility index (Phi) is 11.0. The molecule has 3 rings (SSSR count). The van der Waals surface area contributed by atoms with Gasteiger partial charge in [0.2, 0.25) is 0 Å². The Morgan fingerprint density at radius 2 is 2.11 bits per heavy atom. The highest BCUT2D eigenvalue weighted by Crippen LogP contribution is 2.24. The first-order valence-corrected chi connectivity index (χ1v) is 12.8. The molecule has 1 atom stereocenters. The molecule has 0 aliphatic heterocycles. The number of unbranched alkanes of at least 4 members (excludes halogenated alkanes) is 1. The molecular formula is C28H37FN4O4. The lowest BCUT2D eigenvalue weighted by Gasteiger charge is -2.25. The van der Waals surface area contributed by atoms with Crippen LogP contribution < -0.4 is 10.1 Å². The molecule has 0 amide bonds. The highest BCUT2D eigenvalue weighted by molar-refractivity contribution is 5.77. The van der Waals surface area contributed by atoms with E-state index in [1.165, 1.54) is 6.07 Å². The summed E-state index contributed by atoms with van der Waals surface area (Å²) in [6.45, 7) is 4.33. The van der Waals surface area contributed by atoms with Gasteiger partial charge in [-0.1, -0.05) is 0 Å². The van der Waals surface area contributed by atoms with Crippen LogP contribution in [0.5, 0.6) is 5.75 Å². The Labute approximate surface area is 217 Å². The fourth-order valence-electron chi connectivity index (χ4n) is 4.10. The molecule has 200 valence electrons. The first-order valence-electron chi connectivity index (χ1n) is 12.8. The number of carbonyl (C=O) groups excluding carboxylic acids is 2. The second kappa shape index (κ2) is 14.4. The van der Waals surface area contributed by atoms with Gasteiger partial charge in [0.1, 0.15) is 12.6 Å². The van der Waals surface area contributed by atoms with Gasteiger partial charge < -0.3 is 20.0 Å². The van der Waals surface area contributed by atoms with E-state index in [2.05, 4.69) is 10.4 Å². The van der Waals surface area contributed by atoms with Gasteiger partial charge in [-0.2, -0.15) is 5.10 Å². The van der Waals surface area contributed by atoms with Crippen LogP contribution in [0.15, 0.2) is 42.4 Å². The number of hydrogen-bond acceptors (Lipinski definition) is 7. The van der Waals surface area contributed by atoms with E-state index in [4.69, 9.17) is 4.74 Å². The van der Waals surface area contributed by atoms with Crippen LogP contribution in [0.3, 0.4) is 0 Å². The SMILES string of the molecule is CC(CCC=O)N(C)Cc1cc(OCCCCNCc2cnn(C3=CC=C(O)CC3)c2)c(F)cc1C=O. The standard InChI is InChI=1S/C28H37FN4O4/c1-21(6-5-12-34)32(2)19-23-15-28(27(29)14-24(23)20-35)37-13-4-3-11-30-16-22-17-31-33(18-22)25-7-9-26(36)10-8-25/h7,9,12,14-15,17-18,20-21,30,36H,3-6,8,10-11,13,16,19H2,1-2H3. The van der Waals surface area contributed by atoms with Gasteiger partial charge in [0.15, 0.2) is 11.6 Å². The van der Waals surface area contributed by atoms with Crippen molar-refractivity contribution in [2.45, 2.75) is 64.6 Å². The molecule has 1 heterocycles. The number of carbonyl (C=O) groups is 2. The number of hydrogen-bond donors (Lipinski definition) is 2. The number of benzene rings is 1. The Morgan fingerprint density at radius 3 is 2.84 bits per heavy atom. The highest BCUT2D eigenvalue weighted by atomic mass is 19.1. The van der Waals surface area contributed by atoms with E-state index < -0.39 is 5.82 Å². The van der Waals surface area contributed by atoms with E-state index in [0.29, 0.717) is 55.7 Å². The van der Waals surface area contributed by atoms with Crippen LogP contribution >= 0.6 is 0 Å². The van der Waals surface area contributed by atoms with E-state index in [-0.39, 0.29) is 11.8 Å². The monoisotopic (exact) mass is 512 g/mol. The summed E-state index contributed by atoms with van der Waals surface area (Å²) in [6.07, 6.45) is 13.2. The average molecular weight is 513 g/mol. The fourth-order valence-corrected chi connectivity index (χ4v) is 4.10. The summed E-state index contributed by atoms with van der Waals surface area (Å²) in [4.78, 5) is 24.2. The fraction of sp³-hybridized carbons (Fsp3) is 0.464. The van der Waals surface area contributed by atoms with Crippen molar-refractivity contribution in [1.82, 2.24) is 20.0 Å². The smallest absolute Gasteiger partial charge is 0.165 e. The maximum atomic E-state index is 14.5. The van der Waals surface area contributed by atoms with E-state index >= 15 is 0 Å². The zero-order valence-corrected chi connectivity index (χ0v) is 21.7. The van der Waals surface area contributed by atoms with E-state index in [9.17, 15) is 19.1 Å². The van der Waals surface area contributed by atoms with Crippen LogP contribution in [0.4, 0.5) is 4.39 Å². The van der Waals surface area contributed by atoms with Gasteiger partial charge in [0.25, 0.3) is 0 Å². The molecule has 2 N–H and O–H groups in total. The molecule has 0 spiro atoms. The average Bonchev–Trinajstić information content (AvgIpc) is 3.37. The molecule has 8 nitrogen and oxygen atoms in total. The first kappa shape index (κ1) is 28.3. The zero-order chi connectivity index (χ0) is 26.6. The van der Waals surface area contributed by atoms with Crippen molar-refractivity contribution in [2.75, 3.05) is 20.2 Å². The Morgan fingerprint density at radius 1 is 1.27 bits per heavy atom. The number of aliphatic hydroxyl groups is 1. The van der Waals surface area contributed by atoms with Crippen LogP contribution in [0.1, 0.15) is 66.9 Å². The molecule has 1 unspecified atom stereocenters. The number of aromatic nitrogens is 2. The third-order valence-corrected chi connectivity index (χ3v) is 6.57. The molecule has 1 aliphatic carbocycles. The number of allylic oxidation sites excluding steroid dienone is 4. The Hall–Kier alpha value is -3.30. The lowest BCUT2D eigenvalue weighted by Crippen LogP contribution is -2.29. The first-order chi connectivity index (χ1) is 17.9. The molecule has 0 radical (unpaired) electrons. The zero-order valence-electron chi connectivity index (χ0n) is 21.7. The molecule has 1 aromatic heterocycles. The number of aldehydes is 2. The molecule has 0 saturated heterocycles. The van der Waals surface area contributed by atoms with Gasteiger partial charge in [-0.25, -0.2) is 9.07 Å². The van der Waals surface area contributed by atoms with Gasteiger partial charge in [-0.15, -0.1) is 0 Å². The number of aliphatic hydroxyl groups excluding tert-OH is 1. The van der Waals surface area contributed by atoms with Crippen molar-refractivity contribution >= 4 is 18.3 Å². The highest BCUT2D eigenvalue weighted by Gasteiger charge is 2.15. The predicted octanol–water partition coefficient (Wildman–Crippen LogP) is 4.66. The summed E-state index contributed by atoms with van der Waals surface area (Å²) in [6, 6.07) is 2.99. The molecule has 9 heteroatoms. The molecular weight excluding hydrogens is 475 g/mol. The second-order valence-electron chi connectivity index (χ2n) is 9.45. The quantitative estimate of drug-likeness (QED) is 0.249. The second-order valence-corrected chi connectivity index (χ2v) is 9.45. The third-order valence-electron chi connectivity index (χ3n) is 6.57. The molecule has 0 saturated carbocycles. The van der Waals surface area contributed by atoms with Gasteiger partial charge in [-0.05, 0) is 76.0 Å². The topological polar surface area (TPSA) is 96.7 Å². The minimum atomic E-state index is -0.545. The molecule has 37 heavy (non-hydrogen) atoms. The van der Waals surface area contributed by atoms with Gasteiger partial charge in [0, 0.05) is 55.0 Å². The van der Waals surface area contributed by atoms with Crippen molar-refractivity contribution in [3.05, 3.63) is 64.9 Å². The van der Waals surface area contributed by atoms with Gasteiger partial charge >= 0.3 is 0 Å². The maximum Gasteiger partial charge on any atom is 0.165 e. The minimum Gasteiger partial charge on any atom is -0.512 e. The summed E-state index contributed by atoms with van der Waals surface area (Å²) < 4.78 is 22.0. The van der Waals surface area contributed by atoms with Gasteiger partial charge in [-0.3, -0.25) is 9.69 Å². The lowest BCUT2D eigenvalue weighted by molar-refractivity contribution is -0.108. The van der Waals surface area contributed by atoms with E-state index in [1.807, 2.05) is 42.0 Å². The maximum absolute atomic E-state index is 14.5. The molecule has 2 aromatic rings. The normalized spacial score (nSPS) is 14.3. The minimum absolute atomic E-state index is 0.148. The number of nitrogens with one attached hydrogen (secondary N) is 1. The van der Waals surface area contributed by atoms with Gasteiger partial charge in [0.05, 0.1) is 18.6 Å². The van der Waals surface area contributed by atoms with Crippen molar-refractivity contribution in [3.63, 3.8) is 0 Å². The third kappa shape index (κ3) is 8.65. The molecule has 0 bridgehead atoms. The lowest BCUT2D eigenvalue weighted by atomic mass is 10.1. The van der Waals surface area contributed by atoms with Crippen LogP contribution in [0.2, 0.25) is 0 Å². The largest absolute Gasteiger partial charge is 0.512 e. The molecule has 1 aromatic carbocycles. The molecule has 1 aliphatic rings. The van der Waals surface area contributed by atoms with Crippen LogP contribution in [-0.2, 0) is 17.9 Å². The number of nitrogens with zero attached hydrogens (tertiary/aromatic N) is 3. The number of rotatable bonds is 16. The number of ether oxygens (including phenoxy) is 1. The van der Waals surface area contributed by atoms with Crippen LogP contribution in [0.25, 0.3) is 5.70 Å². The van der Waals surface area contributed by atoms with Crippen LogP contribution in [-0.4, -0.2) is 58.6 Å². The summed E-state index contributed by atoms with van der Waals surface area (Å²) in [5.74, 6) is -0.000828. The Balaban J connectivity index is 1.40. The predicted molar refractivity (Wildman–Crippen MR) is 141 cm³/mol. The van der Waals surface area contributed by atoms with Crippen molar-refractivity contribution in [2.24, 2.45) is 0 Å². The summed E-state index contributed by atoms with van der Waals surface area (Å²) in [5, 5.41) is 17.3. The van der Waals surface area contributed by atoms with Crippen molar-refractivity contribution in [1.29, 1.82) is 0 Å². The molecule has 0 fully saturated rings. The van der Waals surface area contributed by atoms with E-state index in [1.54, 1.807) is 12.1 Å². The van der Waals surface area contributed by atoms with Crippen molar-refractivity contribution < 1.29 is 23.8 Å². The summed E-state index contributed by atoms with van der Waals surface area (Å²) in [7, 11) is 1.92. The summed E-state index contributed by atoms with van der Waals surface area (Å²) >= 11 is 0. The summed E-state index contributed by atoms with van der Waals surface area (Å²) in [5.41, 5.74) is 3.13. The van der Waals surface area contributed by atoms with Crippen molar-refractivity contribution in [3.8, 4) is 5.75 Å². The number of halogens is 1. The van der Waals surface area contributed by atoms with Crippen LogP contribution in [0, 0.1) is 5.82 Å². The van der Waals surface area contributed by atoms with E-state index in [0.717, 1.165) is 49.8 Å². The Bertz CT molecular complexity index is 1110.